The highest BCUT2D eigenvalue weighted by Crippen LogP contribution is 2.23. The highest BCUT2D eigenvalue weighted by molar-refractivity contribution is 7.89. The molecule has 0 fully saturated rings. The molecular weight excluding hydrogens is 414 g/mol. The quantitative estimate of drug-likeness (QED) is 0.430. The minimum atomic E-state index is -3.81. The first-order valence-electron chi connectivity index (χ1n) is 9.40. The third-order valence-electron chi connectivity index (χ3n) is 4.55. The Hall–Kier alpha value is -3.67. The molecule has 8 heteroatoms. The maximum Gasteiger partial charge on any atom is 0.259 e. The summed E-state index contributed by atoms with van der Waals surface area (Å²) in [7, 11) is -3.81. The van der Waals surface area contributed by atoms with Crippen LogP contribution in [-0.4, -0.2) is 18.6 Å². The second-order valence-corrected chi connectivity index (χ2v) is 8.85. The molecule has 1 heterocycles. The van der Waals surface area contributed by atoms with E-state index in [0.29, 0.717) is 5.76 Å². The molecule has 0 saturated carbocycles. The van der Waals surface area contributed by atoms with Gasteiger partial charge in [-0.3, -0.25) is 4.79 Å². The molecule has 0 aliphatic carbocycles. The van der Waals surface area contributed by atoms with Crippen LogP contribution in [-0.2, 0) is 27.9 Å². The first-order chi connectivity index (χ1) is 14.8. The van der Waals surface area contributed by atoms with Crippen LogP contribution in [0.15, 0.2) is 81.6 Å². The van der Waals surface area contributed by atoms with E-state index < -0.39 is 15.9 Å². The van der Waals surface area contributed by atoms with Crippen LogP contribution in [0.25, 0.3) is 6.08 Å². The summed E-state index contributed by atoms with van der Waals surface area (Å²) in [5.41, 5.74) is 6.67. The van der Waals surface area contributed by atoms with E-state index in [2.05, 4.69) is 0 Å². The van der Waals surface area contributed by atoms with E-state index in [1.165, 1.54) is 10.4 Å². The maximum atomic E-state index is 13.3. The molecule has 1 amide bonds. The van der Waals surface area contributed by atoms with Gasteiger partial charge in [-0.1, -0.05) is 48.0 Å². The number of aryl methyl sites for hydroxylation is 1. The number of hydrogen-bond donors (Lipinski definition) is 1. The number of nitrogens with two attached hydrogens (primary N) is 1. The molecule has 31 heavy (non-hydrogen) atoms. The van der Waals surface area contributed by atoms with Crippen molar-refractivity contribution >= 4 is 22.0 Å². The number of benzene rings is 2. The SMILES string of the molecule is Cc1ccc(S(=O)(=O)N(Cc2ccccc2)Cc2ccc(/C=C(/C#N)C(N)=O)o2)cc1. The lowest BCUT2D eigenvalue weighted by Crippen LogP contribution is -2.30. The summed E-state index contributed by atoms with van der Waals surface area (Å²) in [5, 5.41) is 8.98. The van der Waals surface area contributed by atoms with E-state index in [-0.39, 0.29) is 29.3 Å². The van der Waals surface area contributed by atoms with Crippen molar-refractivity contribution in [1.29, 1.82) is 5.26 Å². The second-order valence-electron chi connectivity index (χ2n) is 6.91. The molecule has 0 atom stereocenters. The molecule has 0 aliphatic rings. The fourth-order valence-electron chi connectivity index (χ4n) is 2.90. The van der Waals surface area contributed by atoms with Crippen molar-refractivity contribution in [3.05, 3.63) is 95.0 Å². The van der Waals surface area contributed by atoms with Gasteiger partial charge in [-0.15, -0.1) is 0 Å². The lowest BCUT2D eigenvalue weighted by Gasteiger charge is -2.21. The van der Waals surface area contributed by atoms with E-state index in [9.17, 15) is 13.2 Å². The molecule has 7 nitrogen and oxygen atoms in total. The van der Waals surface area contributed by atoms with Gasteiger partial charge in [0.2, 0.25) is 10.0 Å². The van der Waals surface area contributed by atoms with Crippen LogP contribution in [0.5, 0.6) is 0 Å². The van der Waals surface area contributed by atoms with Crippen molar-refractivity contribution in [2.75, 3.05) is 0 Å². The smallest absolute Gasteiger partial charge is 0.259 e. The molecule has 1 aromatic heterocycles. The van der Waals surface area contributed by atoms with E-state index in [1.54, 1.807) is 42.5 Å². The zero-order valence-electron chi connectivity index (χ0n) is 16.9. The molecular formula is C23H21N3O4S. The Bertz CT molecular complexity index is 1240. The lowest BCUT2D eigenvalue weighted by atomic mass is 10.2. The predicted octanol–water partition coefficient (Wildman–Crippen LogP) is 3.37. The molecule has 0 unspecified atom stereocenters. The third-order valence-corrected chi connectivity index (χ3v) is 6.35. The van der Waals surface area contributed by atoms with Gasteiger partial charge in [-0.2, -0.15) is 9.57 Å². The van der Waals surface area contributed by atoms with Gasteiger partial charge < -0.3 is 10.2 Å². The van der Waals surface area contributed by atoms with Gasteiger partial charge in [0.15, 0.2) is 0 Å². The van der Waals surface area contributed by atoms with Gasteiger partial charge in [0.05, 0.1) is 11.4 Å². The highest BCUT2D eigenvalue weighted by atomic mass is 32.2. The molecule has 0 radical (unpaired) electrons. The summed E-state index contributed by atoms with van der Waals surface area (Å²) in [6.07, 6.45) is 1.22. The van der Waals surface area contributed by atoms with Gasteiger partial charge >= 0.3 is 0 Å². The van der Waals surface area contributed by atoms with Crippen LogP contribution < -0.4 is 5.73 Å². The van der Waals surface area contributed by atoms with Crippen LogP contribution in [0.1, 0.15) is 22.6 Å². The molecule has 158 valence electrons. The number of rotatable bonds is 8. The maximum absolute atomic E-state index is 13.3. The molecule has 2 N–H and O–H groups in total. The standard InChI is InChI=1S/C23H21N3O4S/c1-17-7-11-22(12-8-17)31(28,29)26(15-18-5-3-2-4-6-18)16-21-10-9-20(30-21)13-19(14-24)23(25)27/h2-13H,15-16H2,1H3,(H2,25,27)/b19-13-. The van der Waals surface area contributed by atoms with E-state index in [0.717, 1.165) is 11.1 Å². The summed E-state index contributed by atoms with van der Waals surface area (Å²) >= 11 is 0. The Balaban J connectivity index is 1.93. The average Bonchev–Trinajstić information content (AvgIpc) is 3.19. The fraction of sp³-hybridized carbons (Fsp3) is 0.130. The number of amides is 1. The normalized spacial score (nSPS) is 12.0. The average molecular weight is 436 g/mol. The van der Waals surface area contributed by atoms with E-state index in [4.69, 9.17) is 15.4 Å². The number of hydrogen-bond acceptors (Lipinski definition) is 5. The first kappa shape index (κ1) is 22.0. The van der Waals surface area contributed by atoms with Crippen LogP contribution in [0.3, 0.4) is 0 Å². The number of primary amides is 1. The minimum absolute atomic E-state index is 0.0304. The number of carbonyl (C=O) groups excluding carboxylic acids is 1. The van der Waals surface area contributed by atoms with E-state index in [1.807, 2.05) is 37.3 Å². The summed E-state index contributed by atoms with van der Waals surface area (Å²) < 4.78 is 33.6. The molecule has 3 aromatic rings. The highest BCUT2D eigenvalue weighted by Gasteiger charge is 2.26. The molecule has 0 saturated heterocycles. The second kappa shape index (κ2) is 9.43. The summed E-state index contributed by atoms with van der Waals surface area (Å²) in [6, 6.07) is 20.7. The summed E-state index contributed by atoms with van der Waals surface area (Å²) in [4.78, 5) is 11.4. The molecule has 3 rings (SSSR count). The Morgan fingerprint density at radius 1 is 1.06 bits per heavy atom. The van der Waals surface area contributed by atoms with Gasteiger partial charge in [-0.05, 0) is 36.8 Å². The zero-order chi connectivity index (χ0) is 22.4. The van der Waals surface area contributed by atoms with Crippen LogP contribution in [0.4, 0.5) is 0 Å². The number of sulfonamides is 1. The number of carbonyl (C=O) groups is 1. The zero-order valence-corrected chi connectivity index (χ0v) is 17.7. The Morgan fingerprint density at radius 3 is 2.35 bits per heavy atom. The molecule has 0 spiro atoms. The summed E-state index contributed by atoms with van der Waals surface area (Å²) in [5.74, 6) is -0.273. The topological polar surface area (TPSA) is 117 Å². The van der Waals surface area contributed by atoms with Crippen molar-refractivity contribution < 1.29 is 17.6 Å². The van der Waals surface area contributed by atoms with Gasteiger partial charge in [0.25, 0.3) is 5.91 Å². The van der Waals surface area contributed by atoms with Crippen molar-refractivity contribution in [3.63, 3.8) is 0 Å². The first-order valence-corrected chi connectivity index (χ1v) is 10.8. The Labute approximate surface area is 181 Å². The van der Waals surface area contributed by atoms with Gasteiger partial charge in [0.1, 0.15) is 23.2 Å². The Morgan fingerprint density at radius 2 is 1.74 bits per heavy atom. The van der Waals surface area contributed by atoms with Crippen LogP contribution >= 0.6 is 0 Å². The fourth-order valence-corrected chi connectivity index (χ4v) is 4.30. The van der Waals surface area contributed by atoms with Crippen LogP contribution in [0.2, 0.25) is 0 Å². The van der Waals surface area contributed by atoms with Crippen molar-refractivity contribution in [1.82, 2.24) is 4.31 Å². The number of nitrogens with zero attached hydrogens (tertiary/aromatic N) is 2. The van der Waals surface area contributed by atoms with Crippen molar-refractivity contribution in [2.24, 2.45) is 5.73 Å². The lowest BCUT2D eigenvalue weighted by molar-refractivity contribution is -0.114. The predicted molar refractivity (Wildman–Crippen MR) is 116 cm³/mol. The molecule has 0 aliphatic heterocycles. The summed E-state index contributed by atoms with van der Waals surface area (Å²) in [6.45, 7) is 2.00. The molecule has 2 aromatic carbocycles. The Kier molecular flexibility index (Phi) is 6.70. The number of nitriles is 1. The molecule has 0 bridgehead atoms. The minimum Gasteiger partial charge on any atom is -0.460 e. The third kappa shape index (κ3) is 5.48. The van der Waals surface area contributed by atoms with E-state index >= 15 is 0 Å². The van der Waals surface area contributed by atoms with Gasteiger partial charge in [-0.25, -0.2) is 8.42 Å². The van der Waals surface area contributed by atoms with Crippen molar-refractivity contribution in [3.8, 4) is 6.07 Å². The largest absolute Gasteiger partial charge is 0.460 e. The van der Waals surface area contributed by atoms with Gasteiger partial charge in [0, 0.05) is 12.6 Å². The van der Waals surface area contributed by atoms with Crippen LogP contribution in [0, 0.1) is 18.3 Å². The van der Waals surface area contributed by atoms with Crippen molar-refractivity contribution in [2.45, 2.75) is 24.9 Å². The monoisotopic (exact) mass is 435 g/mol. The number of furan rings is 1.